The van der Waals surface area contributed by atoms with Crippen molar-refractivity contribution >= 4 is 0 Å². The number of nitrogens with zero attached hydrogens (tertiary/aromatic N) is 1. The van der Waals surface area contributed by atoms with Gasteiger partial charge in [0.25, 0.3) is 0 Å². The number of hydrogen-bond donors (Lipinski definition) is 1. The van der Waals surface area contributed by atoms with Crippen molar-refractivity contribution < 1.29 is 4.57 Å². The molecule has 0 radical (unpaired) electrons. The second-order valence-corrected chi connectivity index (χ2v) is 11.3. The minimum absolute atomic E-state index is 0.607. The van der Waals surface area contributed by atoms with Crippen LogP contribution in [0, 0.1) is 5.92 Å². The van der Waals surface area contributed by atoms with Gasteiger partial charge >= 0.3 is 0 Å². The molecular weight excluding hydrogens is 436 g/mol. The quantitative estimate of drug-likeness (QED) is 0.110. The highest BCUT2D eigenvalue weighted by Gasteiger charge is 2.26. The predicted octanol–water partition coefficient (Wildman–Crippen LogP) is 10.5. The highest BCUT2D eigenvalue weighted by molar-refractivity contribution is 5.15. The summed E-state index contributed by atoms with van der Waals surface area (Å²) in [6.07, 6.45) is 35.8. The van der Waals surface area contributed by atoms with Crippen LogP contribution in [0.4, 0.5) is 0 Å². The van der Waals surface area contributed by atoms with Crippen molar-refractivity contribution in [1.29, 1.82) is 0 Å². The molecule has 1 aromatic carbocycles. The van der Waals surface area contributed by atoms with Gasteiger partial charge in [-0.2, -0.15) is 0 Å². The Morgan fingerprint density at radius 3 is 1.61 bits per heavy atom. The Kier molecular flexibility index (Phi) is 18.3. The molecule has 0 saturated carbocycles. The topological polar surface area (TPSA) is 19.7 Å². The smallest absolute Gasteiger partial charge is 0.241 e. The lowest BCUT2D eigenvalue weighted by Gasteiger charge is -2.25. The van der Waals surface area contributed by atoms with Crippen molar-refractivity contribution in [2.45, 2.75) is 155 Å². The van der Waals surface area contributed by atoms with Crippen LogP contribution in [-0.4, -0.2) is 4.98 Å². The molecule has 2 heteroatoms. The molecule has 0 bridgehead atoms. The minimum Gasteiger partial charge on any atom is -0.250 e. The zero-order valence-corrected chi connectivity index (χ0v) is 24.1. The molecule has 0 saturated heterocycles. The first-order valence-corrected chi connectivity index (χ1v) is 15.9. The summed E-state index contributed by atoms with van der Waals surface area (Å²) in [5, 5.41) is 0. The van der Waals surface area contributed by atoms with Crippen molar-refractivity contribution in [2.75, 3.05) is 0 Å². The van der Waals surface area contributed by atoms with Gasteiger partial charge in [0.2, 0.25) is 6.33 Å². The van der Waals surface area contributed by atoms with Gasteiger partial charge in [0.05, 0.1) is 0 Å². The van der Waals surface area contributed by atoms with E-state index in [0.717, 1.165) is 0 Å². The summed E-state index contributed by atoms with van der Waals surface area (Å²) in [5.41, 5.74) is 1.50. The second-order valence-electron chi connectivity index (χ2n) is 11.3. The molecule has 0 aliphatic heterocycles. The Hall–Kier alpha value is -1.57. The molecule has 0 fully saturated rings. The molecule has 2 rings (SSSR count). The molecular formula is C34H59N2+. The van der Waals surface area contributed by atoms with E-state index in [1.165, 1.54) is 140 Å². The maximum Gasteiger partial charge on any atom is 0.241 e. The third-order valence-corrected chi connectivity index (χ3v) is 8.12. The Morgan fingerprint density at radius 2 is 1.11 bits per heavy atom. The summed E-state index contributed by atoms with van der Waals surface area (Å²) < 4.78 is 2.49. The number of rotatable bonds is 24. The number of aromatic amines is 1. The molecule has 2 aromatic rings. The molecule has 1 heterocycles. The zero-order chi connectivity index (χ0) is 25.5. The van der Waals surface area contributed by atoms with Gasteiger partial charge in [-0.25, -0.2) is 4.57 Å². The molecule has 2 nitrogen and oxygen atoms in total. The van der Waals surface area contributed by atoms with Crippen molar-refractivity contribution in [3.8, 4) is 0 Å². The molecule has 0 aliphatic rings. The highest BCUT2D eigenvalue weighted by atomic mass is 15.1. The van der Waals surface area contributed by atoms with E-state index in [-0.39, 0.29) is 0 Å². The fourth-order valence-electron chi connectivity index (χ4n) is 5.86. The molecule has 0 spiro atoms. The molecule has 2 atom stereocenters. The van der Waals surface area contributed by atoms with Gasteiger partial charge in [-0.3, -0.25) is 4.98 Å². The fourth-order valence-corrected chi connectivity index (χ4v) is 5.86. The summed E-state index contributed by atoms with van der Waals surface area (Å²) in [4.78, 5) is 3.33. The minimum atomic E-state index is 0.607. The summed E-state index contributed by atoms with van der Waals surface area (Å²) in [6, 6.07) is 11.8. The van der Waals surface area contributed by atoms with Gasteiger partial charge in [0, 0.05) is 5.92 Å². The SMILES string of the molecule is CCCCCCCCCCCCCCC(C(CCCCCCCC)Cc1ccccc1)[n+]1cc[nH]c1. The van der Waals surface area contributed by atoms with Gasteiger partial charge < -0.3 is 0 Å². The average Bonchev–Trinajstić information content (AvgIpc) is 3.44. The van der Waals surface area contributed by atoms with E-state index in [1.54, 1.807) is 0 Å². The predicted molar refractivity (Wildman–Crippen MR) is 157 cm³/mol. The molecule has 1 aromatic heterocycles. The van der Waals surface area contributed by atoms with Gasteiger partial charge in [-0.1, -0.05) is 153 Å². The van der Waals surface area contributed by atoms with Crippen LogP contribution >= 0.6 is 0 Å². The first-order chi connectivity index (χ1) is 17.8. The molecule has 0 amide bonds. The van der Waals surface area contributed by atoms with E-state index in [1.807, 2.05) is 0 Å². The van der Waals surface area contributed by atoms with Crippen LogP contribution in [0.1, 0.15) is 154 Å². The van der Waals surface area contributed by atoms with E-state index in [0.29, 0.717) is 12.0 Å². The average molecular weight is 496 g/mol. The van der Waals surface area contributed by atoms with E-state index < -0.39 is 0 Å². The van der Waals surface area contributed by atoms with Gasteiger partial charge in [0.15, 0.2) is 0 Å². The number of hydrogen-bond acceptors (Lipinski definition) is 0. The number of H-pyrrole nitrogens is 1. The molecule has 204 valence electrons. The van der Waals surface area contributed by atoms with Crippen molar-refractivity contribution in [3.05, 3.63) is 54.6 Å². The molecule has 36 heavy (non-hydrogen) atoms. The normalized spacial score (nSPS) is 13.2. The van der Waals surface area contributed by atoms with E-state index >= 15 is 0 Å². The molecule has 0 aliphatic carbocycles. The number of nitrogens with one attached hydrogen (secondary N) is 1. The Bertz CT molecular complexity index is 693. The first kappa shape index (κ1) is 30.7. The van der Waals surface area contributed by atoms with Gasteiger partial charge in [0.1, 0.15) is 18.4 Å². The fraction of sp³-hybridized carbons (Fsp3) is 0.735. The van der Waals surface area contributed by atoms with E-state index in [2.05, 4.69) is 72.5 Å². The summed E-state index contributed by atoms with van der Waals surface area (Å²) in [7, 11) is 0. The summed E-state index contributed by atoms with van der Waals surface area (Å²) >= 11 is 0. The Labute approximate surface area is 224 Å². The monoisotopic (exact) mass is 495 g/mol. The van der Waals surface area contributed by atoms with Crippen molar-refractivity contribution in [2.24, 2.45) is 5.92 Å². The van der Waals surface area contributed by atoms with Gasteiger partial charge in [-0.05, 0) is 31.2 Å². The second kappa shape index (κ2) is 21.5. The Morgan fingerprint density at radius 1 is 0.611 bits per heavy atom. The number of benzene rings is 1. The van der Waals surface area contributed by atoms with E-state index in [9.17, 15) is 0 Å². The van der Waals surface area contributed by atoms with Gasteiger partial charge in [-0.15, -0.1) is 0 Å². The third kappa shape index (κ3) is 14.2. The highest BCUT2D eigenvalue weighted by Crippen LogP contribution is 2.29. The van der Waals surface area contributed by atoms with E-state index in [4.69, 9.17) is 0 Å². The van der Waals surface area contributed by atoms with Crippen LogP contribution in [0.3, 0.4) is 0 Å². The Balaban J connectivity index is 1.78. The molecule has 1 N–H and O–H groups in total. The van der Waals surface area contributed by atoms with Crippen LogP contribution in [0.15, 0.2) is 49.1 Å². The lowest BCUT2D eigenvalue weighted by atomic mass is 9.84. The standard InChI is InChI=1S/C34H58N2/c1-3-5-7-9-11-12-13-14-15-16-18-23-27-34(36-29-28-35-31-36)33(26-22-17-10-8-6-4-2)30-32-24-20-19-21-25-32/h19-21,24-25,28-29,31,33-34H,3-18,22-23,26-27,30H2,1-2H3/p+1. The number of aromatic nitrogens is 2. The maximum atomic E-state index is 3.33. The van der Waals surface area contributed by atoms with Crippen LogP contribution < -0.4 is 4.57 Å². The first-order valence-electron chi connectivity index (χ1n) is 15.9. The largest absolute Gasteiger partial charge is 0.250 e. The van der Waals surface area contributed by atoms with Crippen LogP contribution in [0.2, 0.25) is 0 Å². The lowest BCUT2D eigenvalue weighted by molar-refractivity contribution is -0.730. The molecule has 2 unspecified atom stereocenters. The van der Waals surface area contributed by atoms with Crippen LogP contribution in [0.25, 0.3) is 0 Å². The zero-order valence-electron chi connectivity index (χ0n) is 24.1. The summed E-state index contributed by atoms with van der Waals surface area (Å²) in [5.74, 6) is 0.715. The van der Waals surface area contributed by atoms with Crippen molar-refractivity contribution in [3.63, 3.8) is 0 Å². The van der Waals surface area contributed by atoms with Crippen LogP contribution in [-0.2, 0) is 6.42 Å². The summed E-state index contributed by atoms with van der Waals surface area (Å²) in [6.45, 7) is 4.61. The third-order valence-electron chi connectivity index (χ3n) is 8.12. The lowest BCUT2D eigenvalue weighted by Crippen LogP contribution is -2.42. The number of unbranched alkanes of at least 4 members (excludes halogenated alkanes) is 16. The van der Waals surface area contributed by atoms with Crippen molar-refractivity contribution in [1.82, 2.24) is 4.98 Å². The maximum absolute atomic E-state index is 3.33. The van der Waals surface area contributed by atoms with Crippen LogP contribution in [0.5, 0.6) is 0 Å². The number of imidazole rings is 1.